The number of fused-ring (bicyclic) bond motifs is 3. The molecule has 0 fully saturated rings. The zero-order valence-electron chi connectivity index (χ0n) is 20.5. The number of hydrogen-bond donors (Lipinski definition) is 1. The predicted molar refractivity (Wildman–Crippen MR) is 139 cm³/mol. The van der Waals surface area contributed by atoms with Crippen LogP contribution in [0.1, 0.15) is 34.1 Å². The van der Waals surface area contributed by atoms with Gasteiger partial charge >= 0.3 is 0 Å². The molecule has 3 aromatic heterocycles. The minimum atomic E-state index is -0.769. The molecule has 4 heterocycles. The van der Waals surface area contributed by atoms with Crippen molar-refractivity contribution >= 4 is 27.7 Å². The molecule has 1 amide bonds. The summed E-state index contributed by atoms with van der Waals surface area (Å²) in [7, 11) is 1.92. The standard InChI is InChI=1S/C29H24N6O2/c1-29(16-30)17-37-15-22-6-4-19(9-24(22)29)28(36)32-14-23-11-26-20(12-31-23)7-8-25(34-26)18-3-5-21-13-33-35(2)27(21)10-18/h3-13H,14-15,17H2,1-2H3,(H,32,36)/t29-/m1/s1. The lowest BCUT2D eigenvalue weighted by atomic mass is 9.79. The molecule has 0 bridgehead atoms. The van der Waals surface area contributed by atoms with Crippen LogP contribution in [0, 0.1) is 11.3 Å². The van der Waals surface area contributed by atoms with E-state index in [9.17, 15) is 10.1 Å². The number of hydrogen-bond acceptors (Lipinski definition) is 6. The van der Waals surface area contributed by atoms with Crippen LogP contribution in [-0.4, -0.2) is 32.3 Å². The third-order valence-corrected chi connectivity index (χ3v) is 6.97. The van der Waals surface area contributed by atoms with Crippen molar-refractivity contribution in [3.8, 4) is 17.3 Å². The first-order valence-corrected chi connectivity index (χ1v) is 12.0. The lowest BCUT2D eigenvalue weighted by molar-refractivity contribution is 0.0757. The van der Waals surface area contributed by atoms with E-state index in [-0.39, 0.29) is 12.5 Å². The molecule has 0 unspecified atom stereocenters. The molecule has 1 N–H and O–H groups in total. The number of pyridine rings is 2. The van der Waals surface area contributed by atoms with Gasteiger partial charge in [0, 0.05) is 35.1 Å². The first-order valence-electron chi connectivity index (χ1n) is 12.0. The number of aryl methyl sites for hydroxylation is 1. The number of nitrogens with zero attached hydrogens (tertiary/aromatic N) is 5. The summed E-state index contributed by atoms with van der Waals surface area (Å²) in [4.78, 5) is 22.3. The fourth-order valence-electron chi connectivity index (χ4n) is 4.78. The summed E-state index contributed by atoms with van der Waals surface area (Å²) >= 11 is 0. The van der Waals surface area contributed by atoms with Crippen LogP contribution in [0.25, 0.3) is 33.1 Å². The Morgan fingerprint density at radius 2 is 2.00 bits per heavy atom. The van der Waals surface area contributed by atoms with Crippen molar-refractivity contribution in [2.24, 2.45) is 7.05 Å². The molecule has 5 aromatic rings. The van der Waals surface area contributed by atoms with Gasteiger partial charge in [-0.25, -0.2) is 4.98 Å². The maximum absolute atomic E-state index is 12.9. The maximum Gasteiger partial charge on any atom is 0.251 e. The first-order chi connectivity index (χ1) is 17.9. The first kappa shape index (κ1) is 22.8. The van der Waals surface area contributed by atoms with E-state index in [2.05, 4.69) is 27.5 Å². The van der Waals surface area contributed by atoms with Gasteiger partial charge in [-0.05, 0) is 54.4 Å². The zero-order valence-corrected chi connectivity index (χ0v) is 20.5. The molecule has 8 nitrogen and oxygen atoms in total. The average Bonchev–Trinajstić information content (AvgIpc) is 3.31. The predicted octanol–water partition coefficient (Wildman–Crippen LogP) is 4.42. The normalized spacial score (nSPS) is 16.9. The fourth-order valence-corrected chi connectivity index (χ4v) is 4.78. The van der Waals surface area contributed by atoms with E-state index in [4.69, 9.17) is 9.72 Å². The molecule has 0 saturated heterocycles. The number of nitriles is 1. The third-order valence-electron chi connectivity index (χ3n) is 6.97. The van der Waals surface area contributed by atoms with Crippen molar-refractivity contribution in [3.63, 3.8) is 0 Å². The molecule has 182 valence electrons. The lowest BCUT2D eigenvalue weighted by Crippen LogP contribution is -2.33. The highest BCUT2D eigenvalue weighted by molar-refractivity contribution is 5.94. The van der Waals surface area contributed by atoms with E-state index in [1.165, 1.54) is 0 Å². The molecule has 1 aliphatic heterocycles. The highest BCUT2D eigenvalue weighted by atomic mass is 16.5. The second-order valence-electron chi connectivity index (χ2n) is 9.60. The number of carbonyl (C=O) groups excluding carboxylic acids is 1. The van der Waals surface area contributed by atoms with E-state index in [1.807, 2.05) is 61.2 Å². The van der Waals surface area contributed by atoms with Crippen molar-refractivity contribution in [1.29, 1.82) is 5.26 Å². The summed E-state index contributed by atoms with van der Waals surface area (Å²) in [6.45, 7) is 2.85. The molecule has 6 rings (SSSR count). The summed E-state index contributed by atoms with van der Waals surface area (Å²) in [5, 5.41) is 18.9. The van der Waals surface area contributed by atoms with Crippen LogP contribution >= 0.6 is 0 Å². The second kappa shape index (κ2) is 8.80. The van der Waals surface area contributed by atoms with Gasteiger partial charge in [0.1, 0.15) is 5.41 Å². The molecule has 2 aromatic carbocycles. The highest BCUT2D eigenvalue weighted by Gasteiger charge is 2.33. The third kappa shape index (κ3) is 4.09. The van der Waals surface area contributed by atoms with Crippen molar-refractivity contribution < 1.29 is 9.53 Å². The second-order valence-corrected chi connectivity index (χ2v) is 9.60. The van der Waals surface area contributed by atoms with Crippen LogP contribution in [-0.2, 0) is 30.4 Å². The SMILES string of the molecule is Cn1ncc2ccc(-c3ccc4cnc(CNC(=O)c5ccc6c(c5)[C@](C)(C#N)COC6)cc4n3)cc21. The average molecular weight is 489 g/mol. The topological polar surface area (TPSA) is 106 Å². The Kier molecular flexibility index (Phi) is 5.43. The van der Waals surface area contributed by atoms with Crippen LogP contribution in [0.15, 0.2) is 67.0 Å². The number of amides is 1. The Hall–Kier alpha value is -4.61. The summed E-state index contributed by atoms with van der Waals surface area (Å²) in [6, 6.07) is 19.8. The van der Waals surface area contributed by atoms with Crippen molar-refractivity contribution in [3.05, 3.63) is 89.4 Å². The van der Waals surface area contributed by atoms with Crippen LogP contribution in [0.4, 0.5) is 0 Å². The van der Waals surface area contributed by atoms with E-state index in [0.29, 0.717) is 24.5 Å². The Bertz CT molecular complexity index is 1730. The van der Waals surface area contributed by atoms with Gasteiger partial charge in [0.05, 0.1) is 54.4 Å². The van der Waals surface area contributed by atoms with E-state index in [1.54, 1.807) is 18.3 Å². The summed E-state index contributed by atoms with van der Waals surface area (Å²) in [5.74, 6) is -0.220. The molecule has 1 aliphatic rings. The number of benzene rings is 2. The molecule has 0 radical (unpaired) electrons. The van der Waals surface area contributed by atoms with Gasteiger partial charge in [0.2, 0.25) is 0 Å². The molecular formula is C29H24N6O2. The molecule has 0 aliphatic carbocycles. The van der Waals surface area contributed by atoms with E-state index < -0.39 is 5.41 Å². The molecule has 8 heteroatoms. The van der Waals surface area contributed by atoms with Crippen molar-refractivity contribution in [2.75, 3.05) is 6.61 Å². The Morgan fingerprint density at radius 3 is 2.86 bits per heavy atom. The number of rotatable bonds is 4. The maximum atomic E-state index is 12.9. The van der Waals surface area contributed by atoms with Gasteiger partial charge in [-0.1, -0.05) is 18.2 Å². The quantitative estimate of drug-likeness (QED) is 0.401. The van der Waals surface area contributed by atoms with E-state index in [0.717, 1.165) is 44.2 Å². The van der Waals surface area contributed by atoms with Crippen LogP contribution in [0.2, 0.25) is 0 Å². The van der Waals surface area contributed by atoms with Gasteiger partial charge in [0.15, 0.2) is 0 Å². The molecule has 1 atom stereocenters. The molecular weight excluding hydrogens is 464 g/mol. The lowest BCUT2D eigenvalue weighted by Gasteiger charge is -2.30. The molecule has 0 spiro atoms. The minimum absolute atomic E-state index is 0.220. The fraction of sp³-hybridized carbons (Fsp3) is 0.207. The number of ether oxygens (including phenoxy) is 1. The zero-order chi connectivity index (χ0) is 25.6. The highest BCUT2D eigenvalue weighted by Crippen LogP contribution is 2.32. The van der Waals surface area contributed by atoms with Crippen molar-refractivity contribution in [2.45, 2.75) is 25.5 Å². The number of nitrogens with one attached hydrogen (secondary N) is 1. The van der Waals surface area contributed by atoms with Gasteiger partial charge in [-0.2, -0.15) is 10.4 Å². The Labute approximate surface area is 213 Å². The molecule has 37 heavy (non-hydrogen) atoms. The Morgan fingerprint density at radius 1 is 1.14 bits per heavy atom. The summed E-state index contributed by atoms with van der Waals surface area (Å²) in [5.41, 5.74) is 5.94. The Balaban J connectivity index is 1.23. The van der Waals surface area contributed by atoms with E-state index >= 15 is 0 Å². The summed E-state index contributed by atoms with van der Waals surface area (Å²) in [6.07, 6.45) is 3.62. The van der Waals surface area contributed by atoms with Crippen LogP contribution < -0.4 is 5.32 Å². The van der Waals surface area contributed by atoms with Crippen molar-refractivity contribution in [1.82, 2.24) is 25.1 Å². The molecule has 0 saturated carbocycles. The minimum Gasteiger partial charge on any atom is -0.375 e. The van der Waals surface area contributed by atoms with Gasteiger partial charge in [0.25, 0.3) is 5.91 Å². The van der Waals surface area contributed by atoms with Crippen LogP contribution in [0.5, 0.6) is 0 Å². The monoisotopic (exact) mass is 488 g/mol. The number of carbonyl (C=O) groups is 1. The van der Waals surface area contributed by atoms with Gasteiger partial charge in [-0.3, -0.25) is 14.5 Å². The summed E-state index contributed by atoms with van der Waals surface area (Å²) < 4.78 is 7.41. The van der Waals surface area contributed by atoms with Gasteiger partial charge < -0.3 is 10.1 Å². The smallest absolute Gasteiger partial charge is 0.251 e. The van der Waals surface area contributed by atoms with Gasteiger partial charge in [-0.15, -0.1) is 0 Å². The number of aromatic nitrogens is 4. The largest absolute Gasteiger partial charge is 0.375 e. The van der Waals surface area contributed by atoms with Crippen LogP contribution in [0.3, 0.4) is 0 Å².